The fourth-order valence-corrected chi connectivity index (χ4v) is 4.84. The zero-order valence-corrected chi connectivity index (χ0v) is 17.5. The van der Waals surface area contributed by atoms with E-state index in [0.717, 1.165) is 16.9 Å². The van der Waals surface area contributed by atoms with Gasteiger partial charge >= 0.3 is 12.0 Å². The molecule has 0 saturated heterocycles. The predicted molar refractivity (Wildman–Crippen MR) is 122 cm³/mol. The molecule has 1 aliphatic carbocycles. The number of carbonyl (C=O) groups is 3. The molecule has 3 N–H and O–H groups in total. The van der Waals surface area contributed by atoms with Crippen LogP contribution in [0.5, 0.6) is 0 Å². The molecular formula is C24H22N2O4S. The van der Waals surface area contributed by atoms with Crippen molar-refractivity contribution in [2.75, 3.05) is 10.6 Å². The molecule has 7 heteroatoms. The highest BCUT2D eigenvalue weighted by Gasteiger charge is 2.37. The first-order valence-corrected chi connectivity index (χ1v) is 10.9. The average molecular weight is 435 g/mol. The minimum absolute atomic E-state index is 0.0948. The summed E-state index contributed by atoms with van der Waals surface area (Å²) in [6.45, 7) is 0. The smallest absolute Gasteiger partial charge is 0.324 e. The van der Waals surface area contributed by atoms with Gasteiger partial charge in [-0.1, -0.05) is 48.9 Å². The molecule has 2 aromatic carbocycles. The number of nitrogens with one attached hydrogen (secondary N) is 2. The maximum atomic E-state index is 12.8. The Bertz CT molecular complexity index is 1090. The van der Waals surface area contributed by atoms with Crippen LogP contribution in [0.4, 0.5) is 15.5 Å². The lowest BCUT2D eigenvalue weighted by atomic mass is 9.88. The van der Waals surface area contributed by atoms with Crippen molar-refractivity contribution in [3.8, 4) is 10.4 Å². The molecule has 0 spiro atoms. The van der Waals surface area contributed by atoms with Crippen LogP contribution in [0, 0.1) is 11.8 Å². The van der Waals surface area contributed by atoms with E-state index >= 15 is 0 Å². The van der Waals surface area contributed by atoms with Crippen molar-refractivity contribution < 1.29 is 19.5 Å². The number of ketones is 1. The third-order valence-corrected chi connectivity index (χ3v) is 6.55. The SMILES string of the molecule is O=C(Nc1ccccc1)Nc1ccc(-c2ccc(C(=O)[C@@H]3CCC[C@H]3C(=O)O)cc2)s1. The van der Waals surface area contributed by atoms with E-state index in [-0.39, 0.29) is 11.8 Å². The fraction of sp³-hybridized carbons (Fsp3) is 0.208. The molecule has 31 heavy (non-hydrogen) atoms. The standard InChI is InChI=1S/C24H22N2O4S/c27-22(18-7-4-8-19(18)23(28)29)16-11-9-15(10-12-16)20-13-14-21(31-20)26-24(30)25-17-5-2-1-3-6-17/h1-3,5-6,9-14,18-19H,4,7-8H2,(H,28,29)(H2,25,26,30)/t18-,19-/m1/s1. The molecule has 0 unspecified atom stereocenters. The average Bonchev–Trinajstić information content (AvgIpc) is 3.44. The van der Waals surface area contributed by atoms with Crippen LogP contribution in [0.25, 0.3) is 10.4 Å². The quantitative estimate of drug-likeness (QED) is 0.431. The molecule has 2 amide bonds. The van der Waals surface area contributed by atoms with Gasteiger partial charge in [0.15, 0.2) is 5.78 Å². The number of anilines is 2. The van der Waals surface area contributed by atoms with Gasteiger partial charge in [-0.25, -0.2) is 4.79 Å². The van der Waals surface area contributed by atoms with Gasteiger partial charge in [-0.05, 0) is 42.7 Å². The molecule has 2 atom stereocenters. The van der Waals surface area contributed by atoms with E-state index in [0.29, 0.717) is 29.1 Å². The molecule has 1 heterocycles. The number of hydrogen-bond acceptors (Lipinski definition) is 4. The number of thiophene rings is 1. The summed E-state index contributed by atoms with van der Waals surface area (Å²) in [6.07, 6.45) is 1.96. The molecule has 1 fully saturated rings. The zero-order valence-electron chi connectivity index (χ0n) is 16.7. The van der Waals surface area contributed by atoms with Gasteiger partial charge in [0.1, 0.15) is 0 Å². The summed E-state index contributed by atoms with van der Waals surface area (Å²) in [7, 11) is 0. The van der Waals surface area contributed by atoms with Gasteiger partial charge in [0, 0.05) is 22.0 Å². The number of rotatable bonds is 6. The van der Waals surface area contributed by atoms with Crippen LogP contribution in [-0.4, -0.2) is 22.9 Å². The second-order valence-corrected chi connectivity index (χ2v) is 8.62. The predicted octanol–water partition coefficient (Wildman–Crippen LogP) is 5.74. The Kier molecular flexibility index (Phi) is 6.13. The largest absolute Gasteiger partial charge is 0.481 e. The number of carbonyl (C=O) groups excluding carboxylic acids is 2. The number of carboxylic acid groups (broad SMARTS) is 1. The number of aliphatic carboxylic acids is 1. The molecule has 4 rings (SSSR count). The lowest BCUT2D eigenvalue weighted by Gasteiger charge is -2.14. The van der Waals surface area contributed by atoms with Crippen LogP contribution in [0.3, 0.4) is 0 Å². The third-order valence-electron chi connectivity index (χ3n) is 5.50. The summed E-state index contributed by atoms with van der Waals surface area (Å²) in [6, 6.07) is 19.9. The third kappa shape index (κ3) is 4.83. The summed E-state index contributed by atoms with van der Waals surface area (Å²) in [4.78, 5) is 37.3. The summed E-state index contributed by atoms with van der Waals surface area (Å²) in [5, 5.41) is 15.6. The van der Waals surface area contributed by atoms with Gasteiger partial charge in [0.25, 0.3) is 0 Å². The molecule has 1 saturated carbocycles. The van der Waals surface area contributed by atoms with E-state index < -0.39 is 17.8 Å². The number of hydrogen-bond donors (Lipinski definition) is 3. The lowest BCUT2D eigenvalue weighted by molar-refractivity contribution is -0.142. The van der Waals surface area contributed by atoms with E-state index in [1.54, 1.807) is 12.1 Å². The molecule has 0 aliphatic heterocycles. The van der Waals surface area contributed by atoms with Crippen LogP contribution in [0.2, 0.25) is 0 Å². The Morgan fingerprint density at radius 2 is 1.55 bits per heavy atom. The normalized spacial score (nSPS) is 17.8. The molecule has 1 aliphatic rings. The molecular weight excluding hydrogens is 412 g/mol. The Morgan fingerprint density at radius 1 is 0.839 bits per heavy atom. The highest BCUT2D eigenvalue weighted by atomic mass is 32.1. The number of carboxylic acids is 1. The van der Waals surface area contributed by atoms with Gasteiger partial charge in [0.2, 0.25) is 0 Å². The minimum Gasteiger partial charge on any atom is -0.481 e. The van der Waals surface area contributed by atoms with E-state index in [2.05, 4.69) is 10.6 Å². The fourth-order valence-electron chi connectivity index (χ4n) is 3.94. The van der Waals surface area contributed by atoms with Crippen molar-refractivity contribution in [1.82, 2.24) is 0 Å². The summed E-state index contributed by atoms with van der Waals surface area (Å²) < 4.78 is 0. The van der Waals surface area contributed by atoms with Crippen LogP contribution in [0.1, 0.15) is 29.6 Å². The highest BCUT2D eigenvalue weighted by molar-refractivity contribution is 7.19. The maximum absolute atomic E-state index is 12.8. The summed E-state index contributed by atoms with van der Waals surface area (Å²) >= 11 is 1.43. The Hall–Kier alpha value is -3.45. The first-order chi connectivity index (χ1) is 15.0. The first-order valence-electron chi connectivity index (χ1n) is 10.1. The van der Waals surface area contributed by atoms with Crippen molar-refractivity contribution >= 4 is 39.8 Å². The molecule has 0 bridgehead atoms. The van der Waals surface area contributed by atoms with Crippen molar-refractivity contribution in [3.63, 3.8) is 0 Å². The Morgan fingerprint density at radius 3 is 2.26 bits per heavy atom. The molecule has 3 aromatic rings. The van der Waals surface area contributed by atoms with Crippen molar-refractivity contribution in [1.29, 1.82) is 0 Å². The van der Waals surface area contributed by atoms with Gasteiger partial charge in [0.05, 0.1) is 10.9 Å². The Balaban J connectivity index is 1.40. The van der Waals surface area contributed by atoms with Crippen molar-refractivity contribution in [2.24, 2.45) is 11.8 Å². The van der Waals surface area contributed by atoms with E-state index in [9.17, 15) is 19.5 Å². The van der Waals surface area contributed by atoms with Crippen molar-refractivity contribution in [3.05, 3.63) is 72.3 Å². The van der Waals surface area contributed by atoms with Crippen molar-refractivity contribution in [2.45, 2.75) is 19.3 Å². The maximum Gasteiger partial charge on any atom is 0.324 e. The van der Waals surface area contributed by atoms with Crippen LogP contribution in [-0.2, 0) is 4.79 Å². The second kappa shape index (κ2) is 9.14. The van der Waals surface area contributed by atoms with E-state index in [1.807, 2.05) is 54.6 Å². The number of urea groups is 1. The van der Waals surface area contributed by atoms with Gasteiger partial charge < -0.3 is 10.4 Å². The highest BCUT2D eigenvalue weighted by Crippen LogP contribution is 2.36. The van der Waals surface area contributed by atoms with E-state index in [4.69, 9.17) is 0 Å². The van der Waals surface area contributed by atoms with Crippen LogP contribution in [0.15, 0.2) is 66.7 Å². The number of benzene rings is 2. The van der Waals surface area contributed by atoms with Crippen LogP contribution >= 0.6 is 11.3 Å². The molecule has 1 aromatic heterocycles. The Labute approximate surface area is 183 Å². The van der Waals surface area contributed by atoms with Crippen LogP contribution < -0.4 is 10.6 Å². The van der Waals surface area contributed by atoms with Gasteiger partial charge in [-0.15, -0.1) is 11.3 Å². The first kappa shape index (κ1) is 20.8. The molecule has 158 valence electrons. The number of para-hydroxylation sites is 1. The summed E-state index contributed by atoms with van der Waals surface area (Å²) in [5.41, 5.74) is 2.18. The van der Waals surface area contributed by atoms with Gasteiger partial charge in [-0.2, -0.15) is 0 Å². The zero-order chi connectivity index (χ0) is 21.8. The van der Waals surface area contributed by atoms with E-state index in [1.165, 1.54) is 11.3 Å². The monoisotopic (exact) mass is 434 g/mol. The molecule has 0 radical (unpaired) electrons. The van der Waals surface area contributed by atoms with Gasteiger partial charge in [-0.3, -0.25) is 14.9 Å². The number of Topliss-reactive ketones (excluding diaryl/α,β-unsaturated/α-hetero) is 1. The topological polar surface area (TPSA) is 95.5 Å². The molecule has 6 nitrogen and oxygen atoms in total. The number of amides is 2. The lowest BCUT2D eigenvalue weighted by Crippen LogP contribution is -2.25. The summed E-state index contributed by atoms with van der Waals surface area (Å²) in [5.74, 6) is -2.01. The second-order valence-electron chi connectivity index (χ2n) is 7.53. The minimum atomic E-state index is -0.887.